The summed E-state index contributed by atoms with van der Waals surface area (Å²) < 4.78 is 5.88. The molecule has 0 aromatic heterocycles. The maximum atomic E-state index is 11.2. The van der Waals surface area contributed by atoms with Crippen molar-refractivity contribution >= 4 is 22.0 Å². The number of rotatable bonds is 1. The molecule has 1 heterocycles. The predicted octanol–water partition coefficient (Wildman–Crippen LogP) is 2.79. The molecule has 1 saturated heterocycles. The molecular weight excluding hydrogens is 258 g/mol. The van der Waals surface area contributed by atoms with Crippen molar-refractivity contribution in [2.45, 2.75) is 18.9 Å². The van der Waals surface area contributed by atoms with Gasteiger partial charge in [0.05, 0.1) is 12.1 Å². The number of nitrogens with one attached hydrogen (secondary N) is 1. The topological polar surface area (TPSA) is 38.3 Å². The number of ether oxygens (including phenoxy) is 1. The molecule has 80 valence electrons. The molecule has 0 spiro atoms. The molecule has 0 saturated carbocycles. The van der Waals surface area contributed by atoms with Gasteiger partial charge < -0.3 is 10.1 Å². The van der Waals surface area contributed by atoms with Crippen molar-refractivity contribution in [3.8, 4) is 0 Å². The number of carbonyl (C=O) groups is 1. The van der Waals surface area contributed by atoms with E-state index in [0.717, 1.165) is 16.5 Å². The predicted molar refractivity (Wildman–Crippen MR) is 60.6 cm³/mol. The normalized spacial score (nSPS) is 25.6. The van der Waals surface area contributed by atoms with Crippen molar-refractivity contribution in [1.29, 1.82) is 0 Å². The van der Waals surface area contributed by atoms with Gasteiger partial charge in [0.25, 0.3) is 0 Å². The number of hydrogen-bond donors (Lipinski definition) is 1. The standard InChI is InChI=1S/C11H12BrNO2/c1-11(5-6-15-10(14)13-11)8-3-2-4-9(12)7-8/h2-4,7H,5-6H2,1H3,(H,13,14). The van der Waals surface area contributed by atoms with Crippen LogP contribution in [0, 0.1) is 0 Å². The summed E-state index contributed by atoms with van der Waals surface area (Å²) in [4.78, 5) is 11.2. The van der Waals surface area contributed by atoms with Gasteiger partial charge in [-0.2, -0.15) is 0 Å². The monoisotopic (exact) mass is 269 g/mol. The molecule has 0 radical (unpaired) electrons. The summed E-state index contributed by atoms with van der Waals surface area (Å²) in [5.74, 6) is 0. The fraction of sp³-hybridized carbons (Fsp3) is 0.364. The number of alkyl carbamates (subject to hydrolysis) is 1. The van der Waals surface area contributed by atoms with E-state index in [1.807, 2.05) is 31.2 Å². The second-order valence-electron chi connectivity index (χ2n) is 3.85. The lowest BCUT2D eigenvalue weighted by molar-refractivity contribution is 0.0916. The first-order valence-corrected chi connectivity index (χ1v) is 5.60. The maximum absolute atomic E-state index is 11.2. The van der Waals surface area contributed by atoms with Crippen molar-refractivity contribution in [3.05, 3.63) is 34.3 Å². The van der Waals surface area contributed by atoms with Gasteiger partial charge in [0.15, 0.2) is 0 Å². The van der Waals surface area contributed by atoms with Crippen LogP contribution in [-0.2, 0) is 10.3 Å². The zero-order valence-corrected chi connectivity index (χ0v) is 10.0. The van der Waals surface area contributed by atoms with Crippen LogP contribution < -0.4 is 5.32 Å². The van der Waals surface area contributed by atoms with E-state index in [-0.39, 0.29) is 11.6 Å². The smallest absolute Gasteiger partial charge is 0.407 e. The van der Waals surface area contributed by atoms with Crippen LogP contribution in [-0.4, -0.2) is 12.7 Å². The van der Waals surface area contributed by atoms with E-state index in [2.05, 4.69) is 21.2 Å². The summed E-state index contributed by atoms with van der Waals surface area (Å²) in [7, 11) is 0. The van der Waals surface area contributed by atoms with Crippen molar-refractivity contribution in [3.63, 3.8) is 0 Å². The Hall–Kier alpha value is -1.03. The highest BCUT2D eigenvalue weighted by molar-refractivity contribution is 9.10. The van der Waals surface area contributed by atoms with Gasteiger partial charge in [-0.1, -0.05) is 28.1 Å². The van der Waals surface area contributed by atoms with Gasteiger partial charge in [-0.05, 0) is 24.6 Å². The minimum atomic E-state index is -0.344. The van der Waals surface area contributed by atoms with E-state index in [1.54, 1.807) is 0 Å². The first kappa shape index (κ1) is 10.5. The Kier molecular flexibility index (Phi) is 2.69. The highest BCUT2D eigenvalue weighted by atomic mass is 79.9. The van der Waals surface area contributed by atoms with Crippen LogP contribution in [0.1, 0.15) is 18.9 Å². The van der Waals surface area contributed by atoms with Crippen molar-refractivity contribution in [1.82, 2.24) is 5.32 Å². The van der Waals surface area contributed by atoms with Crippen LogP contribution in [0.5, 0.6) is 0 Å². The summed E-state index contributed by atoms with van der Waals surface area (Å²) in [5, 5.41) is 2.85. The van der Waals surface area contributed by atoms with E-state index in [1.165, 1.54) is 0 Å². The Labute approximate surface area is 96.9 Å². The Morgan fingerprint density at radius 1 is 1.53 bits per heavy atom. The molecule has 1 N–H and O–H groups in total. The van der Waals surface area contributed by atoms with Crippen LogP contribution in [0.4, 0.5) is 4.79 Å². The lowest BCUT2D eigenvalue weighted by atomic mass is 9.88. The first-order valence-electron chi connectivity index (χ1n) is 4.81. The number of hydrogen-bond acceptors (Lipinski definition) is 2. The van der Waals surface area contributed by atoms with Gasteiger partial charge in [0.1, 0.15) is 0 Å². The Morgan fingerprint density at radius 3 is 3.00 bits per heavy atom. The molecule has 1 aromatic rings. The Bertz CT molecular complexity index is 394. The second-order valence-corrected chi connectivity index (χ2v) is 4.77. The Morgan fingerprint density at radius 2 is 2.33 bits per heavy atom. The molecule has 1 amide bonds. The van der Waals surface area contributed by atoms with E-state index < -0.39 is 0 Å². The third kappa shape index (κ3) is 2.15. The van der Waals surface area contributed by atoms with Crippen LogP contribution in [0.3, 0.4) is 0 Å². The molecule has 1 atom stereocenters. The molecular formula is C11H12BrNO2. The summed E-state index contributed by atoms with van der Waals surface area (Å²) in [6, 6.07) is 7.96. The van der Waals surface area contributed by atoms with Crippen molar-refractivity contribution in [2.75, 3.05) is 6.61 Å². The Balaban J connectivity index is 2.32. The fourth-order valence-electron chi connectivity index (χ4n) is 1.72. The third-order valence-electron chi connectivity index (χ3n) is 2.67. The molecule has 0 bridgehead atoms. The van der Waals surface area contributed by atoms with Gasteiger partial charge in [0.2, 0.25) is 0 Å². The maximum Gasteiger partial charge on any atom is 0.407 e. The molecule has 4 heteroatoms. The van der Waals surface area contributed by atoms with Gasteiger partial charge in [-0.15, -0.1) is 0 Å². The number of cyclic esters (lactones) is 1. The fourth-order valence-corrected chi connectivity index (χ4v) is 2.12. The zero-order valence-electron chi connectivity index (χ0n) is 8.42. The third-order valence-corrected chi connectivity index (χ3v) is 3.17. The van der Waals surface area contributed by atoms with Gasteiger partial charge >= 0.3 is 6.09 Å². The minimum absolute atomic E-state index is 0.320. The first-order chi connectivity index (χ1) is 7.10. The number of benzene rings is 1. The number of carbonyl (C=O) groups excluding carboxylic acids is 1. The largest absolute Gasteiger partial charge is 0.449 e. The van der Waals surface area contributed by atoms with Gasteiger partial charge in [-0.3, -0.25) is 0 Å². The minimum Gasteiger partial charge on any atom is -0.449 e. The number of amides is 1. The summed E-state index contributed by atoms with van der Waals surface area (Å²) >= 11 is 3.42. The van der Waals surface area contributed by atoms with Crippen LogP contribution >= 0.6 is 15.9 Å². The lowest BCUT2D eigenvalue weighted by Gasteiger charge is -2.34. The van der Waals surface area contributed by atoms with Gasteiger partial charge in [-0.25, -0.2) is 4.79 Å². The van der Waals surface area contributed by atoms with Gasteiger partial charge in [0, 0.05) is 10.9 Å². The highest BCUT2D eigenvalue weighted by Crippen LogP contribution is 2.29. The molecule has 1 aliphatic heterocycles. The van der Waals surface area contributed by atoms with E-state index in [4.69, 9.17) is 4.74 Å². The van der Waals surface area contributed by atoms with Crippen molar-refractivity contribution < 1.29 is 9.53 Å². The van der Waals surface area contributed by atoms with E-state index >= 15 is 0 Å². The van der Waals surface area contributed by atoms with Crippen LogP contribution in [0.25, 0.3) is 0 Å². The number of halogens is 1. The van der Waals surface area contributed by atoms with Crippen LogP contribution in [0.15, 0.2) is 28.7 Å². The molecule has 2 rings (SSSR count). The summed E-state index contributed by atoms with van der Waals surface area (Å²) in [6.45, 7) is 2.48. The molecule has 0 aliphatic carbocycles. The zero-order chi connectivity index (χ0) is 10.9. The average Bonchev–Trinajstić information content (AvgIpc) is 2.17. The SMILES string of the molecule is CC1(c2cccc(Br)c2)CCOC(=O)N1. The highest BCUT2D eigenvalue weighted by Gasteiger charge is 2.32. The molecule has 1 aliphatic rings. The van der Waals surface area contributed by atoms with Crippen LogP contribution in [0.2, 0.25) is 0 Å². The van der Waals surface area contributed by atoms with Crippen molar-refractivity contribution in [2.24, 2.45) is 0 Å². The molecule has 1 aromatic carbocycles. The average molecular weight is 270 g/mol. The lowest BCUT2D eigenvalue weighted by Crippen LogP contribution is -2.48. The quantitative estimate of drug-likeness (QED) is 0.852. The van der Waals surface area contributed by atoms with E-state index in [9.17, 15) is 4.79 Å². The molecule has 1 unspecified atom stereocenters. The summed E-state index contributed by atoms with van der Waals surface area (Å²) in [5.41, 5.74) is 0.771. The summed E-state index contributed by atoms with van der Waals surface area (Å²) in [6.07, 6.45) is 0.443. The molecule has 15 heavy (non-hydrogen) atoms. The molecule has 3 nitrogen and oxygen atoms in total. The van der Waals surface area contributed by atoms with E-state index in [0.29, 0.717) is 6.61 Å². The molecule has 1 fully saturated rings. The second kappa shape index (κ2) is 3.85.